The van der Waals surface area contributed by atoms with Crippen molar-refractivity contribution in [1.29, 1.82) is 0 Å². The molecule has 0 unspecified atom stereocenters. The summed E-state index contributed by atoms with van der Waals surface area (Å²) in [6.07, 6.45) is 7.38. The van der Waals surface area contributed by atoms with Gasteiger partial charge in [-0.25, -0.2) is 5.01 Å². The summed E-state index contributed by atoms with van der Waals surface area (Å²) in [6, 6.07) is 10.6. The lowest BCUT2D eigenvalue weighted by Gasteiger charge is -2.38. The third-order valence-electron chi connectivity index (χ3n) is 6.91. The van der Waals surface area contributed by atoms with Crippen LogP contribution in [0.5, 0.6) is 5.75 Å². The number of carbonyl (C=O) groups is 2. The van der Waals surface area contributed by atoms with E-state index in [4.69, 9.17) is 16.3 Å². The summed E-state index contributed by atoms with van der Waals surface area (Å²) in [5.74, 6) is 0.287. The second-order valence-corrected chi connectivity index (χ2v) is 10.4. The Balaban J connectivity index is 1.56. The van der Waals surface area contributed by atoms with Gasteiger partial charge >= 0.3 is 0 Å². The first-order valence-electron chi connectivity index (χ1n) is 12.2. The van der Waals surface area contributed by atoms with Crippen LogP contribution < -0.4 is 10.2 Å². The summed E-state index contributed by atoms with van der Waals surface area (Å²) in [5, 5.41) is 5.08. The Bertz CT molecular complexity index is 1310. The summed E-state index contributed by atoms with van der Waals surface area (Å²) in [6.45, 7) is 1.95. The Kier molecular flexibility index (Phi) is 7.27. The number of H-pyrrole nitrogens is 1. The van der Waals surface area contributed by atoms with Crippen LogP contribution in [-0.4, -0.2) is 39.4 Å². The number of aromatic nitrogens is 1. The lowest BCUT2D eigenvalue weighted by Crippen LogP contribution is -2.53. The van der Waals surface area contributed by atoms with Gasteiger partial charge in [-0.05, 0) is 73.7 Å². The third kappa shape index (κ3) is 4.73. The number of benzene rings is 2. The summed E-state index contributed by atoms with van der Waals surface area (Å²) < 4.78 is 7.45. The summed E-state index contributed by atoms with van der Waals surface area (Å²) in [7, 11) is 1.55. The van der Waals surface area contributed by atoms with E-state index in [1.54, 1.807) is 37.4 Å². The number of amides is 1. The molecule has 0 atom stereocenters. The van der Waals surface area contributed by atoms with Gasteiger partial charge in [0.1, 0.15) is 5.75 Å². The van der Waals surface area contributed by atoms with E-state index in [1.165, 1.54) is 18.4 Å². The molecule has 0 bridgehead atoms. The van der Waals surface area contributed by atoms with Crippen LogP contribution in [0.2, 0.25) is 5.02 Å². The van der Waals surface area contributed by atoms with Crippen molar-refractivity contribution in [2.75, 3.05) is 7.11 Å². The molecule has 0 radical (unpaired) electrons. The Morgan fingerprint density at radius 1 is 1.14 bits per heavy atom. The second-order valence-electron chi connectivity index (χ2n) is 9.15. The smallest absolute Gasteiger partial charge is 0.243 e. The Hall–Kier alpha value is -2.94. The number of nitrogens with one attached hydrogen (secondary N) is 2. The average molecular weight is 525 g/mol. The quantitative estimate of drug-likeness (QED) is 0.295. The number of aromatic amines is 1. The molecular weight excluding hydrogens is 496 g/mol. The normalized spacial score (nSPS) is 16.3. The first-order valence-corrected chi connectivity index (χ1v) is 13.4. The molecule has 0 saturated heterocycles. The van der Waals surface area contributed by atoms with Gasteiger partial charge in [0.25, 0.3) is 0 Å². The first-order chi connectivity index (χ1) is 17.5. The van der Waals surface area contributed by atoms with Crippen LogP contribution in [0.3, 0.4) is 0 Å². The predicted octanol–water partition coefficient (Wildman–Crippen LogP) is 5.93. The maximum Gasteiger partial charge on any atom is 0.243 e. The molecule has 1 amide bonds. The number of carbonyl (C=O) groups excluding carboxylic acids is 2. The van der Waals surface area contributed by atoms with Gasteiger partial charge in [-0.3, -0.25) is 15.0 Å². The van der Waals surface area contributed by atoms with Crippen molar-refractivity contribution in [3.63, 3.8) is 0 Å². The molecule has 1 saturated carbocycles. The Morgan fingerprint density at radius 3 is 2.56 bits per heavy atom. The number of hydrogen-bond donors (Lipinski definition) is 2. The molecule has 1 aliphatic heterocycles. The van der Waals surface area contributed by atoms with Crippen molar-refractivity contribution < 1.29 is 14.3 Å². The molecule has 36 heavy (non-hydrogen) atoms. The van der Waals surface area contributed by atoms with E-state index in [1.807, 2.05) is 34.1 Å². The molecule has 1 aromatic heterocycles. The minimum absolute atomic E-state index is 0.0117. The fourth-order valence-corrected chi connectivity index (χ4v) is 5.98. The van der Waals surface area contributed by atoms with Crippen LogP contribution in [0.15, 0.2) is 48.0 Å². The highest BCUT2D eigenvalue weighted by Gasteiger charge is 2.33. The van der Waals surface area contributed by atoms with Crippen LogP contribution in [-0.2, 0) is 11.2 Å². The van der Waals surface area contributed by atoms with Gasteiger partial charge in [0.05, 0.1) is 25.1 Å². The Morgan fingerprint density at radius 2 is 1.89 bits per heavy atom. The highest BCUT2D eigenvalue weighted by Crippen LogP contribution is 2.36. The minimum atomic E-state index is -0.174. The van der Waals surface area contributed by atoms with E-state index in [0.29, 0.717) is 21.9 Å². The maximum atomic E-state index is 13.9. The van der Waals surface area contributed by atoms with E-state index >= 15 is 0 Å². The van der Waals surface area contributed by atoms with Gasteiger partial charge in [0.2, 0.25) is 5.91 Å². The maximum absolute atomic E-state index is 13.9. The van der Waals surface area contributed by atoms with Gasteiger partial charge in [0.15, 0.2) is 5.78 Å². The molecule has 2 heterocycles. The molecule has 7 nitrogen and oxygen atoms in total. The van der Waals surface area contributed by atoms with Crippen LogP contribution in [0.1, 0.15) is 59.3 Å². The fraction of sp³-hybridized carbons (Fsp3) is 0.333. The number of ether oxygens (including phenoxy) is 1. The molecule has 0 spiro atoms. The van der Waals surface area contributed by atoms with Crippen molar-refractivity contribution >= 4 is 46.1 Å². The van der Waals surface area contributed by atoms with Crippen molar-refractivity contribution in [3.8, 4) is 5.75 Å². The monoisotopic (exact) mass is 524 g/mol. The lowest BCUT2D eigenvalue weighted by molar-refractivity contribution is -0.148. The highest BCUT2D eigenvalue weighted by molar-refractivity contribution is 8.00. The number of nitrogens with zero attached hydrogens (tertiary/aromatic N) is 2. The highest BCUT2D eigenvalue weighted by atomic mass is 35.5. The molecule has 1 aliphatic carbocycles. The number of fused-ring (bicyclic) bond motifs is 1. The minimum Gasteiger partial charge on any atom is -0.496 e. The fourth-order valence-electron chi connectivity index (χ4n) is 5.16. The molecule has 3 aromatic rings. The van der Waals surface area contributed by atoms with E-state index in [9.17, 15) is 9.59 Å². The average Bonchev–Trinajstić information content (AvgIpc) is 3.52. The molecule has 188 valence electrons. The standard InChI is InChI=1S/C27H29ClN4O3S/c1-17-21(16-24(33)31(32-29-14-15-36-32)20-6-4-3-5-7-20)25-22(30-17)12-13-23(35-2)26(25)27(34)18-8-10-19(28)11-9-18/h8-15,20,29-30H,3-7,16H2,1-2H3. The van der Waals surface area contributed by atoms with Gasteiger partial charge in [-0.15, -0.1) is 0 Å². The molecule has 5 rings (SSSR count). The van der Waals surface area contributed by atoms with Gasteiger partial charge in [0, 0.05) is 38.8 Å². The lowest BCUT2D eigenvalue weighted by atomic mass is 9.93. The SMILES string of the molecule is COc1ccc2[nH]c(C)c(CC(=O)N(C3CCCCC3)N3NC=CS3)c2c1C(=O)c1ccc(Cl)cc1. The van der Waals surface area contributed by atoms with Crippen LogP contribution in [0.25, 0.3) is 10.9 Å². The van der Waals surface area contributed by atoms with Crippen molar-refractivity contribution in [2.24, 2.45) is 0 Å². The second kappa shape index (κ2) is 10.6. The van der Waals surface area contributed by atoms with Gasteiger partial charge < -0.3 is 9.72 Å². The zero-order valence-corrected chi connectivity index (χ0v) is 21.9. The summed E-state index contributed by atoms with van der Waals surface area (Å²) in [5.41, 5.74) is 6.59. The van der Waals surface area contributed by atoms with Gasteiger partial charge in [-0.2, -0.15) is 0 Å². The van der Waals surface area contributed by atoms with Crippen LogP contribution in [0, 0.1) is 6.92 Å². The van der Waals surface area contributed by atoms with E-state index in [2.05, 4.69) is 10.4 Å². The first kappa shape index (κ1) is 24.7. The van der Waals surface area contributed by atoms with Crippen LogP contribution >= 0.6 is 23.5 Å². The zero-order valence-electron chi connectivity index (χ0n) is 20.3. The molecule has 2 aliphatic rings. The summed E-state index contributed by atoms with van der Waals surface area (Å²) in [4.78, 5) is 31.0. The van der Waals surface area contributed by atoms with Crippen molar-refractivity contribution in [2.45, 2.75) is 51.5 Å². The number of methoxy groups -OCH3 is 1. The van der Waals surface area contributed by atoms with Crippen molar-refractivity contribution in [1.82, 2.24) is 19.9 Å². The summed E-state index contributed by atoms with van der Waals surface area (Å²) >= 11 is 7.51. The number of aryl methyl sites for hydroxylation is 1. The van der Waals surface area contributed by atoms with E-state index in [0.717, 1.165) is 47.8 Å². The largest absolute Gasteiger partial charge is 0.496 e. The molecule has 2 N–H and O–H groups in total. The Labute approximate surface area is 219 Å². The predicted molar refractivity (Wildman–Crippen MR) is 144 cm³/mol. The molecule has 2 aromatic carbocycles. The number of hydrazine groups is 2. The van der Waals surface area contributed by atoms with E-state index < -0.39 is 0 Å². The topological polar surface area (TPSA) is 77.7 Å². The van der Waals surface area contributed by atoms with Crippen LogP contribution in [0.4, 0.5) is 0 Å². The number of ketones is 1. The molecular formula is C27H29ClN4O3S. The van der Waals surface area contributed by atoms with Gasteiger partial charge in [-0.1, -0.05) is 35.4 Å². The zero-order chi connectivity index (χ0) is 25.2. The third-order valence-corrected chi connectivity index (χ3v) is 7.90. The molecule has 1 fully saturated rings. The number of halogens is 1. The number of rotatable bonds is 7. The molecule has 9 heteroatoms. The van der Waals surface area contributed by atoms with E-state index in [-0.39, 0.29) is 24.2 Å². The number of hydrogen-bond acceptors (Lipinski definition) is 6. The van der Waals surface area contributed by atoms with Crippen molar-refractivity contribution in [3.05, 3.63) is 75.4 Å².